The molecule has 136 valence electrons. The Bertz CT molecular complexity index is 948. The first-order chi connectivity index (χ1) is 13.2. The smallest absolute Gasteiger partial charge is 0.311 e. The summed E-state index contributed by atoms with van der Waals surface area (Å²) in [6.07, 6.45) is -0.202. The van der Waals surface area contributed by atoms with Crippen LogP contribution in [0.15, 0.2) is 66.7 Å². The van der Waals surface area contributed by atoms with E-state index in [0.29, 0.717) is 11.5 Å². The number of ether oxygens (including phenoxy) is 3. The van der Waals surface area contributed by atoms with Crippen LogP contribution in [0, 0.1) is 0 Å². The number of fused-ring (bicyclic) bond motifs is 3. The molecule has 4 heteroatoms. The first kappa shape index (κ1) is 17.2. The highest BCUT2D eigenvalue weighted by Gasteiger charge is 2.30. The summed E-state index contributed by atoms with van der Waals surface area (Å²) in [6.45, 7) is 0. The van der Waals surface area contributed by atoms with Crippen LogP contribution < -0.4 is 9.47 Å². The van der Waals surface area contributed by atoms with Gasteiger partial charge in [-0.2, -0.15) is 0 Å². The number of esters is 1. The van der Waals surface area contributed by atoms with Gasteiger partial charge in [-0.1, -0.05) is 54.6 Å². The lowest BCUT2D eigenvalue weighted by molar-refractivity contribution is -0.146. The van der Waals surface area contributed by atoms with Gasteiger partial charge in [0.15, 0.2) is 17.6 Å². The van der Waals surface area contributed by atoms with Crippen LogP contribution in [0.1, 0.15) is 22.8 Å². The molecule has 0 heterocycles. The van der Waals surface area contributed by atoms with Gasteiger partial charge in [-0.05, 0) is 28.8 Å². The van der Waals surface area contributed by atoms with E-state index in [0.717, 1.165) is 27.8 Å². The van der Waals surface area contributed by atoms with Crippen LogP contribution in [-0.2, 0) is 16.0 Å². The monoisotopic (exact) mass is 360 g/mol. The van der Waals surface area contributed by atoms with Crippen LogP contribution in [0.5, 0.6) is 11.5 Å². The number of hydrogen-bond donors (Lipinski definition) is 0. The van der Waals surface area contributed by atoms with Crippen LogP contribution >= 0.6 is 0 Å². The molecule has 27 heavy (non-hydrogen) atoms. The molecule has 3 aromatic carbocycles. The molecule has 0 bridgehead atoms. The molecule has 0 aromatic heterocycles. The van der Waals surface area contributed by atoms with Crippen molar-refractivity contribution >= 4 is 5.97 Å². The SMILES string of the molecule is COc1ccc(CC(=O)OC2c3ccccc3-c3ccccc32)cc1OC. The molecule has 0 unspecified atom stereocenters. The zero-order valence-electron chi connectivity index (χ0n) is 15.3. The minimum atomic E-state index is -0.370. The second-order valence-corrected chi connectivity index (χ2v) is 6.41. The van der Waals surface area contributed by atoms with Crippen LogP contribution in [0.25, 0.3) is 11.1 Å². The third-order valence-electron chi connectivity index (χ3n) is 4.82. The molecule has 1 aliphatic rings. The third-order valence-corrected chi connectivity index (χ3v) is 4.82. The van der Waals surface area contributed by atoms with Crippen molar-refractivity contribution in [2.24, 2.45) is 0 Å². The lowest BCUT2D eigenvalue weighted by atomic mass is 10.1. The Labute approximate surface area is 158 Å². The highest BCUT2D eigenvalue weighted by molar-refractivity contribution is 5.80. The van der Waals surface area contributed by atoms with Crippen molar-refractivity contribution in [1.29, 1.82) is 0 Å². The lowest BCUT2D eigenvalue weighted by Crippen LogP contribution is -2.13. The molecule has 3 aromatic rings. The molecule has 4 rings (SSSR count). The van der Waals surface area contributed by atoms with Gasteiger partial charge in [-0.25, -0.2) is 0 Å². The summed E-state index contributed by atoms with van der Waals surface area (Å²) in [7, 11) is 3.16. The summed E-state index contributed by atoms with van der Waals surface area (Å²) in [5.74, 6) is 0.950. The second-order valence-electron chi connectivity index (χ2n) is 6.41. The van der Waals surface area contributed by atoms with Crippen LogP contribution in [0.3, 0.4) is 0 Å². The molecule has 1 aliphatic carbocycles. The Morgan fingerprint density at radius 3 is 2.00 bits per heavy atom. The zero-order chi connectivity index (χ0) is 18.8. The maximum atomic E-state index is 12.6. The lowest BCUT2D eigenvalue weighted by Gasteiger charge is -2.15. The van der Waals surface area contributed by atoms with E-state index in [2.05, 4.69) is 12.1 Å². The first-order valence-electron chi connectivity index (χ1n) is 8.80. The molecule has 0 N–H and O–H groups in total. The van der Waals surface area contributed by atoms with E-state index in [4.69, 9.17) is 14.2 Å². The van der Waals surface area contributed by atoms with Crippen molar-refractivity contribution < 1.29 is 19.0 Å². The average molecular weight is 360 g/mol. The first-order valence-corrected chi connectivity index (χ1v) is 8.80. The molecule has 0 saturated carbocycles. The molecule has 0 saturated heterocycles. The molecule has 0 fully saturated rings. The van der Waals surface area contributed by atoms with E-state index < -0.39 is 0 Å². The fourth-order valence-electron chi connectivity index (χ4n) is 3.57. The summed E-state index contributed by atoms with van der Waals surface area (Å²) in [5.41, 5.74) is 5.12. The molecule has 0 atom stereocenters. The van der Waals surface area contributed by atoms with Gasteiger partial charge >= 0.3 is 5.97 Å². The average Bonchev–Trinajstić information content (AvgIpc) is 3.02. The van der Waals surface area contributed by atoms with Crippen molar-refractivity contribution in [3.63, 3.8) is 0 Å². The van der Waals surface area contributed by atoms with Crippen molar-refractivity contribution in [1.82, 2.24) is 0 Å². The van der Waals surface area contributed by atoms with E-state index in [1.807, 2.05) is 42.5 Å². The standard InChI is InChI=1S/C23H20O4/c1-25-20-12-11-15(13-21(20)26-2)14-22(24)27-23-18-9-5-3-7-16(18)17-8-4-6-10-19(17)23/h3-13,23H,14H2,1-2H3. The fraction of sp³-hybridized carbons (Fsp3) is 0.174. The van der Waals surface area contributed by atoms with Crippen molar-refractivity contribution in [3.8, 4) is 22.6 Å². The number of benzene rings is 3. The van der Waals surface area contributed by atoms with E-state index in [1.165, 1.54) is 0 Å². The molecular formula is C23H20O4. The van der Waals surface area contributed by atoms with E-state index >= 15 is 0 Å². The summed E-state index contributed by atoms with van der Waals surface area (Å²) < 4.78 is 16.4. The number of carbonyl (C=O) groups is 1. The van der Waals surface area contributed by atoms with Gasteiger partial charge < -0.3 is 14.2 Å². The topological polar surface area (TPSA) is 44.8 Å². The minimum Gasteiger partial charge on any atom is -0.493 e. The number of hydrogen-bond acceptors (Lipinski definition) is 4. The number of methoxy groups -OCH3 is 2. The second kappa shape index (κ2) is 7.16. The molecule has 0 spiro atoms. The van der Waals surface area contributed by atoms with Gasteiger partial charge in [-0.3, -0.25) is 4.79 Å². The van der Waals surface area contributed by atoms with Gasteiger partial charge in [0.1, 0.15) is 0 Å². The normalized spacial score (nSPS) is 12.2. The Kier molecular flexibility index (Phi) is 4.55. The fourth-order valence-corrected chi connectivity index (χ4v) is 3.57. The quantitative estimate of drug-likeness (QED) is 0.626. The largest absolute Gasteiger partial charge is 0.493 e. The predicted octanol–water partition coefficient (Wildman–Crippen LogP) is 4.56. The van der Waals surface area contributed by atoms with Crippen molar-refractivity contribution in [2.45, 2.75) is 12.5 Å². The molecular weight excluding hydrogens is 340 g/mol. The van der Waals surface area contributed by atoms with Gasteiger partial charge in [0.05, 0.1) is 20.6 Å². The number of rotatable bonds is 5. The van der Waals surface area contributed by atoms with Gasteiger partial charge in [0.25, 0.3) is 0 Å². The summed E-state index contributed by atoms with van der Waals surface area (Å²) in [4.78, 5) is 12.6. The van der Waals surface area contributed by atoms with E-state index in [9.17, 15) is 4.79 Å². The van der Waals surface area contributed by atoms with Gasteiger partial charge in [-0.15, -0.1) is 0 Å². The third kappa shape index (κ3) is 3.14. The Morgan fingerprint density at radius 2 is 1.41 bits per heavy atom. The number of carbonyl (C=O) groups excluding carboxylic acids is 1. The summed E-state index contributed by atoms with van der Waals surface area (Å²) in [6, 6.07) is 21.6. The Hall–Kier alpha value is -3.27. The zero-order valence-corrected chi connectivity index (χ0v) is 15.3. The molecule has 0 aliphatic heterocycles. The Balaban J connectivity index is 1.57. The maximum Gasteiger partial charge on any atom is 0.311 e. The molecule has 0 radical (unpaired) electrons. The predicted molar refractivity (Wildman–Crippen MR) is 103 cm³/mol. The van der Waals surface area contributed by atoms with Gasteiger partial charge in [0.2, 0.25) is 0 Å². The van der Waals surface area contributed by atoms with Crippen molar-refractivity contribution in [3.05, 3.63) is 83.4 Å². The maximum absolute atomic E-state index is 12.6. The van der Waals surface area contributed by atoms with Crippen LogP contribution in [0.4, 0.5) is 0 Å². The highest BCUT2D eigenvalue weighted by atomic mass is 16.5. The van der Waals surface area contributed by atoms with E-state index in [1.54, 1.807) is 26.4 Å². The van der Waals surface area contributed by atoms with Crippen LogP contribution in [-0.4, -0.2) is 20.2 Å². The van der Waals surface area contributed by atoms with Gasteiger partial charge in [0, 0.05) is 11.1 Å². The molecule has 4 nitrogen and oxygen atoms in total. The van der Waals surface area contributed by atoms with Crippen LogP contribution in [0.2, 0.25) is 0 Å². The van der Waals surface area contributed by atoms with E-state index in [-0.39, 0.29) is 18.5 Å². The van der Waals surface area contributed by atoms with Crippen molar-refractivity contribution in [2.75, 3.05) is 14.2 Å². The summed E-state index contributed by atoms with van der Waals surface area (Å²) in [5, 5.41) is 0. The Morgan fingerprint density at radius 1 is 0.815 bits per heavy atom. The summed E-state index contributed by atoms with van der Waals surface area (Å²) >= 11 is 0. The molecule has 0 amide bonds. The minimum absolute atomic E-state index is 0.168. The highest BCUT2D eigenvalue weighted by Crippen LogP contribution is 2.45.